The van der Waals surface area contributed by atoms with E-state index >= 15 is 0 Å². The standard InChI is InChI=1S/C26H36ClFN4O2/c1-33-14-11-29-20-5-7-21(8-6-20)32-25-16-23(24(27)17-30-25)19-3-2-4-22(15-19)31-18-26(28)9-12-34-13-10-26/h2-4,15-17,20-21,29,31H,5-14,18H2,1H3,(H,30,32). The quantitative estimate of drug-likeness (QED) is 0.393. The predicted molar refractivity (Wildman–Crippen MR) is 137 cm³/mol. The number of anilines is 2. The van der Waals surface area contributed by atoms with E-state index in [4.69, 9.17) is 21.1 Å². The molecule has 6 nitrogen and oxygen atoms in total. The summed E-state index contributed by atoms with van der Waals surface area (Å²) in [6, 6.07) is 10.9. The van der Waals surface area contributed by atoms with Gasteiger partial charge in [-0.05, 0) is 49.4 Å². The maximum absolute atomic E-state index is 14.9. The molecule has 2 aromatic rings. The third kappa shape index (κ3) is 7.04. The molecule has 1 aliphatic carbocycles. The van der Waals surface area contributed by atoms with E-state index in [9.17, 15) is 4.39 Å². The fourth-order valence-corrected chi connectivity index (χ4v) is 4.94. The summed E-state index contributed by atoms with van der Waals surface area (Å²) in [4.78, 5) is 4.52. The molecular weight excluding hydrogens is 455 g/mol. The van der Waals surface area contributed by atoms with Gasteiger partial charge in [-0.2, -0.15) is 0 Å². The van der Waals surface area contributed by atoms with E-state index in [0.29, 0.717) is 43.2 Å². The van der Waals surface area contributed by atoms with Crippen LogP contribution in [0.1, 0.15) is 38.5 Å². The summed E-state index contributed by atoms with van der Waals surface area (Å²) in [6.45, 7) is 2.88. The van der Waals surface area contributed by atoms with E-state index in [-0.39, 0.29) is 6.54 Å². The van der Waals surface area contributed by atoms with Crippen LogP contribution in [0.5, 0.6) is 0 Å². The number of pyridine rings is 1. The molecule has 2 fully saturated rings. The van der Waals surface area contributed by atoms with Crippen LogP contribution in [0.15, 0.2) is 36.5 Å². The summed E-state index contributed by atoms with van der Waals surface area (Å²) < 4.78 is 25.4. The maximum Gasteiger partial charge on any atom is 0.132 e. The third-order valence-corrected chi connectivity index (χ3v) is 7.15. The number of hydrogen-bond donors (Lipinski definition) is 3. The van der Waals surface area contributed by atoms with Crippen LogP contribution >= 0.6 is 11.6 Å². The zero-order valence-corrected chi connectivity index (χ0v) is 20.7. The number of methoxy groups -OCH3 is 1. The van der Waals surface area contributed by atoms with Gasteiger partial charge in [0, 0.05) is 75.8 Å². The molecule has 1 saturated heterocycles. The van der Waals surface area contributed by atoms with Crippen LogP contribution in [-0.2, 0) is 9.47 Å². The van der Waals surface area contributed by atoms with Crippen LogP contribution in [0, 0.1) is 0 Å². The lowest BCUT2D eigenvalue weighted by Crippen LogP contribution is -2.38. The van der Waals surface area contributed by atoms with Crippen LogP contribution in [0.25, 0.3) is 11.1 Å². The number of halogens is 2. The number of benzene rings is 1. The van der Waals surface area contributed by atoms with Gasteiger partial charge in [0.15, 0.2) is 0 Å². The smallest absolute Gasteiger partial charge is 0.132 e. The molecule has 1 aliphatic heterocycles. The minimum Gasteiger partial charge on any atom is -0.383 e. The normalized spacial score (nSPS) is 22.3. The van der Waals surface area contributed by atoms with Gasteiger partial charge in [0.25, 0.3) is 0 Å². The summed E-state index contributed by atoms with van der Waals surface area (Å²) in [7, 11) is 1.73. The Kier molecular flexibility index (Phi) is 9.00. The molecule has 0 spiro atoms. The van der Waals surface area contributed by atoms with Crippen molar-refractivity contribution < 1.29 is 13.9 Å². The highest BCUT2D eigenvalue weighted by Crippen LogP contribution is 2.32. The Balaban J connectivity index is 1.36. The topological polar surface area (TPSA) is 67.4 Å². The van der Waals surface area contributed by atoms with Gasteiger partial charge >= 0.3 is 0 Å². The molecule has 3 N–H and O–H groups in total. The van der Waals surface area contributed by atoms with E-state index in [0.717, 1.165) is 61.5 Å². The average molecular weight is 491 g/mol. The molecule has 4 rings (SSSR count). The fraction of sp³-hybridized carbons (Fsp3) is 0.577. The Labute approximate surface area is 207 Å². The SMILES string of the molecule is COCCNC1CCC(Nc2cc(-c3cccc(NCC4(F)CCOCC4)c3)c(Cl)cn2)CC1. The van der Waals surface area contributed by atoms with Gasteiger partial charge < -0.3 is 25.4 Å². The molecule has 8 heteroatoms. The summed E-state index contributed by atoms with van der Waals surface area (Å²) in [6.07, 6.45) is 7.02. The molecule has 0 atom stereocenters. The van der Waals surface area contributed by atoms with E-state index in [1.165, 1.54) is 0 Å². The highest BCUT2D eigenvalue weighted by molar-refractivity contribution is 6.33. The van der Waals surface area contributed by atoms with Crippen molar-refractivity contribution in [3.63, 3.8) is 0 Å². The van der Waals surface area contributed by atoms with Gasteiger partial charge in [-0.1, -0.05) is 23.7 Å². The molecule has 186 valence electrons. The molecule has 1 aromatic carbocycles. The second-order valence-corrected chi connectivity index (χ2v) is 9.79. The van der Waals surface area contributed by atoms with E-state index in [2.05, 4.69) is 20.9 Å². The van der Waals surface area contributed by atoms with Crippen molar-refractivity contribution in [1.29, 1.82) is 0 Å². The average Bonchev–Trinajstić information content (AvgIpc) is 2.86. The molecule has 2 aliphatic rings. The molecule has 34 heavy (non-hydrogen) atoms. The first kappa shape index (κ1) is 25.2. The van der Waals surface area contributed by atoms with Gasteiger partial charge in [-0.25, -0.2) is 9.37 Å². The van der Waals surface area contributed by atoms with E-state index in [1.807, 2.05) is 30.3 Å². The third-order valence-electron chi connectivity index (χ3n) is 6.85. The lowest BCUT2D eigenvalue weighted by molar-refractivity contribution is -0.00115. The van der Waals surface area contributed by atoms with Crippen molar-refractivity contribution in [2.24, 2.45) is 0 Å². The van der Waals surface area contributed by atoms with Crippen molar-refractivity contribution in [3.8, 4) is 11.1 Å². The summed E-state index contributed by atoms with van der Waals surface area (Å²) in [5.41, 5.74) is 1.55. The van der Waals surface area contributed by atoms with Gasteiger partial charge in [0.05, 0.1) is 11.6 Å². The first-order valence-electron chi connectivity index (χ1n) is 12.3. The minimum absolute atomic E-state index is 0.277. The minimum atomic E-state index is -1.22. The Bertz CT molecular complexity index is 917. The maximum atomic E-state index is 14.9. The Hall–Kier alpha value is -1.93. The fourth-order valence-electron chi connectivity index (χ4n) is 4.73. The molecular formula is C26H36ClFN4O2. The van der Waals surface area contributed by atoms with Gasteiger partial charge in [0.2, 0.25) is 0 Å². The van der Waals surface area contributed by atoms with Crippen molar-refractivity contribution >= 4 is 23.1 Å². The van der Waals surface area contributed by atoms with Crippen LogP contribution in [0.3, 0.4) is 0 Å². The van der Waals surface area contributed by atoms with Crippen LogP contribution in [0.4, 0.5) is 15.9 Å². The summed E-state index contributed by atoms with van der Waals surface area (Å²) in [5.74, 6) is 0.832. The van der Waals surface area contributed by atoms with Gasteiger partial charge in [-0.15, -0.1) is 0 Å². The zero-order valence-electron chi connectivity index (χ0n) is 19.9. The first-order chi connectivity index (χ1) is 16.5. The van der Waals surface area contributed by atoms with Crippen molar-refractivity contribution in [2.75, 3.05) is 50.7 Å². The van der Waals surface area contributed by atoms with Crippen LogP contribution in [-0.4, -0.2) is 62.8 Å². The monoisotopic (exact) mass is 490 g/mol. The molecule has 0 radical (unpaired) electrons. The molecule has 0 bridgehead atoms. The number of alkyl halides is 1. The molecule has 0 unspecified atom stereocenters. The van der Waals surface area contributed by atoms with Crippen molar-refractivity contribution in [2.45, 2.75) is 56.3 Å². The zero-order chi connectivity index (χ0) is 23.8. The number of rotatable bonds is 10. The second-order valence-electron chi connectivity index (χ2n) is 9.39. The number of nitrogens with one attached hydrogen (secondary N) is 3. The van der Waals surface area contributed by atoms with Gasteiger partial charge in [-0.3, -0.25) is 0 Å². The Morgan fingerprint density at radius 2 is 1.91 bits per heavy atom. The van der Waals surface area contributed by atoms with Crippen LogP contribution < -0.4 is 16.0 Å². The Morgan fingerprint density at radius 3 is 2.68 bits per heavy atom. The molecule has 0 amide bonds. The van der Waals surface area contributed by atoms with E-state index in [1.54, 1.807) is 13.3 Å². The lowest BCUT2D eigenvalue weighted by atomic mass is 9.91. The molecule has 2 heterocycles. The number of hydrogen-bond acceptors (Lipinski definition) is 6. The van der Waals surface area contributed by atoms with Crippen LogP contribution in [0.2, 0.25) is 5.02 Å². The molecule has 1 saturated carbocycles. The lowest BCUT2D eigenvalue weighted by Gasteiger charge is -2.30. The number of ether oxygens (including phenoxy) is 2. The van der Waals surface area contributed by atoms with Crippen molar-refractivity contribution in [1.82, 2.24) is 10.3 Å². The van der Waals surface area contributed by atoms with Crippen molar-refractivity contribution in [3.05, 3.63) is 41.6 Å². The summed E-state index contributed by atoms with van der Waals surface area (Å²) in [5, 5.41) is 11.0. The Morgan fingerprint density at radius 1 is 1.15 bits per heavy atom. The first-order valence-corrected chi connectivity index (χ1v) is 12.7. The largest absolute Gasteiger partial charge is 0.383 e. The van der Waals surface area contributed by atoms with E-state index < -0.39 is 5.67 Å². The molecule has 1 aromatic heterocycles. The number of nitrogens with zero attached hydrogens (tertiary/aromatic N) is 1. The second kappa shape index (κ2) is 12.2. The highest BCUT2D eigenvalue weighted by Gasteiger charge is 2.32. The predicted octanol–water partition coefficient (Wildman–Crippen LogP) is 5.29. The summed E-state index contributed by atoms with van der Waals surface area (Å²) >= 11 is 6.52. The van der Waals surface area contributed by atoms with Gasteiger partial charge in [0.1, 0.15) is 11.5 Å². The number of aromatic nitrogens is 1. The highest BCUT2D eigenvalue weighted by atomic mass is 35.5.